The lowest BCUT2D eigenvalue weighted by Gasteiger charge is -2.48. The second kappa shape index (κ2) is 30.6. The van der Waals surface area contributed by atoms with E-state index in [1.807, 2.05) is 182 Å². The van der Waals surface area contributed by atoms with Gasteiger partial charge in [0.25, 0.3) is 0 Å². The Kier molecular flexibility index (Phi) is 22.4. The van der Waals surface area contributed by atoms with E-state index in [2.05, 4.69) is 0 Å². The minimum absolute atomic E-state index is 0.0959. The van der Waals surface area contributed by atoms with Crippen molar-refractivity contribution in [3.8, 4) is 0 Å². The van der Waals surface area contributed by atoms with Crippen molar-refractivity contribution in [2.24, 2.45) is 0 Å². The zero-order valence-electron chi connectivity index (χ0n) is 43.2. The molecule has 404 valence electrons. The molecule has 0 aliphatic carbocycles. The molecule has 0 unspecified atom stereocenters. The molecular formula is C62H72O14. The number of hydrogen-bond acceptors (Lipinski definition) is 14. The van der Waals surface area contributed by atoms with Gasteiger partial charge in [-0.05, 0) is 33.4 Å². The Labute approximate surface area is 447 Å². The first kappa shape index (κ1) is 55.5. The van der Waals surface area contributed by atoms with Crippen LogP contribution in [0.1, 0.15) is 33.4 Å². The summed E-state index contributed by atoms with van der Waals surface area (Å²) in [5, 5.41) is 0. The summed E-state index contributed by atoms with van der Waals surface area (Å²) in [6, 6.07) is 60.1. The summed E-state index contributed by atoms with van der Waals surface area (Å²) in [4.78, 5) is 0. The molecule has 76 heavy (non-hydrogen) atoms. The lowest BCUT2D eigenvalue weighted by Crippen LogP contribution is -2.65. The van der Waals surface area contributed by atoms with E-state index in [4.69, 9.17) is 66.3 Å². The standard InChI is InChI=1S/C62H72O14/c1-7-19-48(20-8-1)39-68-47-62-60(73-44-53-29-17-6-18-30-53)57(70-41-50-23-11-3-12-24-50)55(75-62)46-67-38-36-65-34-32-63-31-33-64-35-37-66-45-54-56(69-40-49-21-9-2-10-22-49)58(71-42-51-25-13-4-14-26-51)59(61(74-54)76-62)72-43-52-27-15-5-16-28-52/h1-30,54-61H,31-47H2/t54-,55-,56-,57-,58+,59-,60+,61-,62+/m1/s1. The van der Waals surface area contributed by atoms with Crippen LogP contribution in [0, 0.1) is 0 Å². The van der Waals surface area contributed by atoms with E-state index < -0.39 is 54.8 Å². The van der Waals surface area contributed by atoms with Gasteiger partial charge in [0.15, 0.2) is 6.29 Å². The van der Waals surface area contributed by atoms with Crippen LogP contribution in [0.5, 0.6) is 0 Å². The van der Waals surface area contributed by atoms with Crippen LogP contribution in [0.2, 0.25) is 0 Å². The van der Waals surface area contributed by atoms with Crippen molar-refractivity contribution in [3.63, 3.8) is 0 Å². The molecule has 3 fully saturated rings. The van der Waals surface area contributed by atoms with Crippen molar-refractivity contribution in [3.05, 3.63) is 215 Å². The maximum absolute atomic E-state index is 7.62. The van der Waals surface area contributed by atoms with E-state index in [-0.39, 0.29) is 72.7 Å². The molecular weight excluding hydrogens is 969 g/mol. The molecule has 3 aliphatic heterocycles. The quantitative estimate of drug-likeness (QED) is 0.0765. The van der Waals surface area contributed by atoms with Gasteiger partial charge in [0.2, 0.25) is 5.79 Å². The number of hydrogen-bond donors (Lipinski definition) is 0. The molecule has 3 heterocycles. The third kappa shape index (κ3) is 16.9. The lowest BCUT2D eigenvalue weighted by molar-refractivity contribution is -0.398. The van der Waals surface area contributed by atoms with Crippen molar-refractivity contribution < 1.29 is 66.3 Å². The molecule has 0 aromatic heterocycles. The summed E-state index contributed by atoms with van der Waals surface area (Å²) < 4.78 is 94.8. The summed E-state index contributed by atoms with van der Waals surface area (Å²) in [7, 11) is 0. The molecule has 14 nitrogen and oxygen atoms in total. The molecule has 3 aliphatic rings. The van der Waals surface area contributed by atoms with Crippen molar-refractivity contribution in [1.29, 1.82) is 0 Å². The summed E-state index contributed by atoms with van der Waals surface area (Å²) in [5.41, 5.74) is 5.77. The van der Waals surface area contributed by atoms with Gasteiger partial charge in [0, 0.05) is 0 Å². The topological polar surface area (TPSA) is 129 Å². The Balaban J connectivity index is 1.14. The van der Waals surface area contributed by atoms with Crippen LogP contribution in [-0.4, -0.2) is 127 Å². The Bertz CT molecular complexity index is 2460. The van der Waals surface area contributed by atoms with Gasteiger partial charge in [0.05, 0.1) is 106 Å². The van der Waals surface area contributed by atoms with Crippen LogP contribution in [0.3, 0.4) is 0 Å². The van der Waals surface area contributed by atoms with Gasteiger partial charge >= 0.3 is 0 Å². The minimum Gasteiger partial charge on any atom is -0.377 e. The Morgan fingerprint density at radius 3 is 1.11 bits per heavy atom. The predicted octanol–water partition coefficient (Wildman–Crippen LogP) is 9.06. The molecule has 0 radical (unpaired) electrons. The highest BCUT2D eigenvalue weighted by Crippen LogP contribution is 2.42. The predicted molar refractivity (Wildman–Crippen MR) is 283 cm³/mol. The SMILES string of the molecule is c1ccc(COC[C@@]23O[C@H]4O[C@H](COCCOCCOCCOCCOC[C@@H](O2)[C@@H](OCc2ccccc2)[C@@H]3OCc2ccccc2)[C@@H](OCc2ccccc2)[C@H](OCc2ccccc2)[C@H]4OCc2ccccc2)cc1. The molecule has 4 bridgehead atoms. The van der Waals surface area contributed by atoms with E-state index in [0.29, 0.717) is 39.6 Å². The van der Waals surface area contributed by atoms with Crippen molar-refractivity contribution in [2.75, 3.05) is 72.7 Å². The van der Waals surface area contributed by atoms with Crippen molar-refractivity contribution >= 4 is 0 Å². The van der Waals surface area contributed by atoms with Gasteiger partial charge in [-0.3, -0.25) is 0 Å². The van der Waals surface area contributed by atoms with Crippen LogP contribution >= 0.6 is 0 Å². The van der Waals surface area contributed by atoms with Gasteiger partial charge in [0.1, 0.15) is 49.3 Å². The average Bonchev–Trinajstić information content (AvgIpc) is 3.76. The number of fused-ring (bicyclic) bond motifs is 4. The molecule has 0 N–H and O–H groups in total. The summed E-state index contributed by atoms with van der Waals surface area (Å²) >= 11 is 0. The molecule has 0 spiro atoms. The average molecular weight is 1040 g/mol. The van der Waals surface area contributed by atoms with Crippen LogP contribution in [0.25, 0.3) is 0 Å². The van der Waals surface area contributed by atoms with Crippen LogP contribution in [-0.2, 0) is 106 Å². The minimum atomic E-state index is -1.72. The summed E-state index contributed by atoms with van der Waals surface area (Å²) in [6.45, 7) is 4.36. The highest BCUT2D eigenvalue weighted by Gasteiger charge is 2.62. The van der Waals surface area contributed by atoms with Gasteiger partial charge in [-0.2, -0.15) is 0 Å². The maximum atomic E-state index is 7.62. The zero-order chi connectivity index (χ0) is 51.7. The fourth-order valence-corrected chi connectivity index (χ4v) is 9.39. The van der Waals surface area contributed by atoms with Crippen LogP contribution in [0.15, 0.2) is 182 Å². The second-order valence-corrected chi connectivity index (χ2v) is 18.9. The normalized spacial score (nSPS) is 26.2. The third-order valence-corrected chi connectivity index (χ3v) is 13.2. The van der Waals surface area contributed by atoms with E-state index in [1.54, 1.807) is 0 Å². The molecule has 0 amide bonds. The number of rotatable bonds is 19. The van der Waals surface area contributed by atoms with Crippen LogP contribution in [0.4, 0.5) is 0 Å². The van der Waals surface area contributed by atoms with E-state index in [1.165, 1.54) is 0 Å². The largest absolute Gasteiger partial charge is 0.377 e. The lowest BCUT2D eigenvalue weighted by atomic mass is 9.97. The van der Waals surface area contributed by atoms with E-state index in [0.717, 1.165) is 33.4 Å². The number of benzene rings is 6. The fraction of sp³-hybridized carbons (Fsp3) is 0.419. The van der Waals surface area contributed by atoms with Gasteiger partial charge < -0.3 is 66.3 Å². The molecule has 3 saturated heterocycles. The van der Waals surface area contributed by atoms with E-state index in [9.17, 15) is 0 Å². The van der Waals surface area contributed by atoms with E-state index >= 15 is 0 Å². The monoisotopic (exact) mass is 1040 g/mol. The highest BCUT2D eigenvalue weighted by molar-refractivity contribution is 5.18. The van der Waals surface area contributed by atoms with Crippen LogP contribution < -0.4 is 0 Å². The molecule has 14 heteroatoms. The maximum Gasteiger partial charge on any atom is 0.224 e. The smallest absolute Gasteiger partial charge is 0.224 e. The fourth-order valence-electron chi connectivity index (χ4n) is 9.39. The van der Waals surface area contributed by atoms with Gasteiger partial charge in [-0.25, -0.2) is 0 Å². The first-order valence-corrected chi connectivity index (χ1v) is 26.5. The summed E-state index contributed by atoms with van der Waals surface area (Å²) in [5.74, 6) is -1.72. The molecule has 9 atom stereocenters. The molecule has 6 aromatic rings. The highest BCUT2D eigenvalue weighted by atomic mass is 16.8. The number of ether oxygens (including phenoxy) is 14. The second-order valence-electron chi connectivity index (χ2n) is 18.9. The Hall–Kier alpha value is -5.24. The Morgan fingerprint density at radius 1 is 0.329 bits per heavy atom. The van der Waals surface area contributed by atoms with Crippen molar-refractivity contribution in [1.82, 2.24) is 0 Å². The third-order valence-electron chi connectivity index (χ3n) is 13.2. The van der Waals surface area contributed by atoms with Gasteiger partial charge in [-0.15, -0.1) is 0 Å². The molecule has 9 rings (SSSR count). The first-order chi connectivity index (χ1) is 37.7. The van der Waals surface area contributed by atoms with Gasteiger partial charge in [-0.1, -0.05) is 182 Å². The summed E-state index contributed by atoms with van der Waals surface area (Å²) in [6.07, 6.45) is -6.84. The van der Waals surface area contributed by atoms with Crippen molar-refractivity contribution in [2.45, 2.75) is 94.4 Å². The molecule has 0 saturated carbocycles. The Morgan fingerprint density at radius 2 is 0.671 bits per heavy atom. The molecule has 6 aromatic carbocycles. The first-order valence-electron chi connectivity index (χ1n) is 26.5. The zero-order valence-corrected chi connectivity index (χ0v) is 43.2.